The highest BCUT2D eigenvalue weighted by molar-refractivity contribution is 6.38. The maximum atomic E-state index is 11.1. The average molecular weight is 218 g/mol. The van der Waals surface area contributed by atoms with E-state index in [1.807, 2.05) is 0 Å². The molecule has 0 atom stereocenters. The van der Waals surface area contributed by atoms with E-state index in [-0.39, 0.29) is 12.4 Å². The van der Waals surface area contributed by atoms with Crippen LogP contribution in [0, 0.1) is 0 Å². The van der Waals surface area contributed by atoms with Gasteiger partial charge in [-0.05, 0) is 0 Å². The Labute approximate surface area is 84.4 Å². The zero-order chi connectivity index (χ0) is 10.4. The van der Waals surface area contributed by atoms with Crippen molar-refractivity contribution in [1.29, 1.82) is 0 Å². The molecule has 1 aromatic heterocycles. The first kappa shape index (κ1) is 10.5. The van der Waals surface area contributed by atoms with Gasteiger partial charge >= 0.3 is 11.8 Å². The van der Waals surface area contributed by atoms with Crippen LogP contribution in [0.5, 0.6) is 0 Å². The van der Waals surface area contributed by atoms with E-state index in [0.29, 0.717) is 0 Å². The van der Waals surface area contributed by atoms with Crippen molar-refractivity contribution >= 4 is 23.4 Å². The lowest BCUT2D eigenvalue weighted by atomic mass is 10.5. The van der Waals surface area contributed by atoms with Crippen molar-refractivity contribution in [1.82, 2.24) is 20.2 Å². The van der Waals surface area contributed by atoms with Gasteiger partial charge in [-0.3, -0.25) is 15.0 Å². The third-order valence-corrected chi connectivity index (χ3v) is 1.42. The van der Waals surface area contributed by atoms with Gasteiger partial charge in [0.05, 0.1) is 0 Å². The standard InChI is InChI=1S/C6H8ClN5O2/c7-1-2-8-5(13)6(14)11-12-3-9-10-4-12/h3-4H,1-2H2,(H,8,13)(H,11,14). The summed E-state index contributed by atoms with van der Waals surface area (Å²) in [5.74, 6) is -1.29. The summed E-state index contributed by atoms with van der Waals surface area (Å²) >= 11 is 5.32. The molecule has 8 heteroatoms. The van der Waals surface area contributed by atoms with Crippen LogP contribution in [-0.4, -0.2) is 39.1 Å². The number of nitrogens with zero attached hydrogens (tertiary/aromatic N) is 3. The monoisotopic (exact) mass is 217 g/mol. The SMILES string of the molecule is O=C(NCCCl)C(=O)Nn1cnnc1. The molecule has 0 bridgehead atoms. The molecule has 0 saturated carbocycles. The zero-order valence-electron chi connectivity index (χ0n) is 7.11. The smallest absolute Gasteiger partial charge is 0.328 e. The number of halogens is 1. The number of carbonyl (C=O) groups is 2. The second-order valence-corrected chi connectivity index (χ2v) is 2.63. The fraction of sp³-hybridized carbons (Fsp3) is 0.333. The van der Waals surface area contributed by atoms with Gasteiger partial charge in [-0.2, -0.15) is 0 Å². The van der Waals surface area contributed by atoms with E-state index >= 15 is 0 Å². The van der Waals surface area contributed by atoms with Gasteiger partial charge < -0.3 is 5.32 Å². The van der Waals surface area contributed by atoms with Crippen LogP contribution in [0.2, 0.25) is 0 Å². The van der Waals surface area contributed by atoms with Crippen LogP contribution in [0.1, 0.15) is 0 Å². The number of amides is 2. The largest absolute Gasteiger partial charge is 0.347 e. The second kappa shape index (κ2) is 5.18. The Morgan fingerprint density at radius 1 is 1.29 bits per heavy atom. The van der Waals surface area contributed by atoms with Crippen LogP contribution in [-0.2, 0) is 9.59 Å². The van der Waals surface area contributed by atoms with Crippen molar-refractivity contribution in [3.63, 3.8) is 0 Å². The lowest BCUT2D eigenvalue weighted by Gasteiger charge is -2.03. The molecule has 0 saturated heterocycles. The number of alkyl halides is 1. The van der Waals surface area contributed by atoms with Crippen LogP contribution in [0.4, 0.5) is 0 Å². The first-order valence-electron chi connectivity index (χ1n) is 3.74. The molecule has 0 aliphatic heterocycles. The molecule has 2 N–H and O–H groups in total. The van der Waals surface area contributed by atoms with E-state index in [9.17, 15) is 9.59 Å². The number of nitrogens with one attached hydrogen (secondary N) is 2. The Kier molecular flexibility index (Phi) is 3.86. The van der Waals surface area contributed by atoms with Crippen molar-refractivity contribution in [2.75, 3.05) is 17.9 Å². The molecule has 0 radical (unpaired) electrons. The maximum Gasteiger partial charge on any atom is 0.328 e. The van der Waals surface area contributed by atoms with Gasteiger partial charge in [-0.15, -0.1) is 21.8 Å². The van der Waals surface area contributed by atoms with Gasteiger partial charge in [0.2, 0.25) is 0 Å². The predicted octanol–water partition coefficient (Wildman–Crippen LogP) is -1.30. The van der Waals surface area contributed by atoms with E-state index in [1.54, 1.807) is 0 Å². The summed E-state index contributed by atoms with van der Waals surface area (Å²) in [5.41, 5.74) is 2.23. The molecule has 76 valence electrons. The normalized spacial score (nSPS) is 9.50. The highest BCUT2D eigenvalue weighted by Gasteiger charge is 2.12. The number of aromatic nitrogens is 3. The Bertz CT molecular complexity index is 312. The molecule has 0 unspecified atom stereocenters. The summed E-state index contributed by atoms with van der Waals surface area (Å²) < 4.78 is 1.17. The number of hydrogen-bond donors (Lipinski definition) is 2. The summed E-state index contributed by atoms with van der Waals surface area (Å²) in [6.07, 6.45) is 2.51. The van der Waals surface area contributed by atoms with E-state index < -0.39 is 11.8 Å². The van der Waals surface area contributed by atoms with Crippen LogP contribution < -0.4 is 10.7 Å². The van der Waals surface area contributed by atoms with Crippen LogP contribution in [0.3, 0.4) is 0 Å². The van der Waals surface area contributed by atoms with Crippen molar-refractivity contribution in [3.8, 4) is 0 Å². The minimum atomic E-state index is -0.796. The first-order chi connectivity index (χ1) is 6.74. The third kappa shape index (κ3) is 3.02. The molecular formula is C6H8ClN5O2. The molecule has 0 aliphatic rings. The lowest BCUT2D eigenvalue weighted by molar-refractivity contribution is -0.136. The molecule has 1 heterocycles. The van der Waals surface area contributed by atoms with Crippen molar-refractivity contribution in [2.24, 2.45) is 0 Å². The fourth-order valence-electron chi connectivity index (χ4n) is 0.668. The van der Waals surface area contributed by atoms with Gasteiger partial charge in [0.15, 0.2) is 0 Å². The number of rotatable bonds is 3. The Balaban J connectivity index is 2.38. The molecule has 0 fully saturated rings. The van der Waals surface area contributed by atoms with Crippen LogP contribution in [0.25, 0.3) is 0 Å². The van der Waals surface area contributed by atoms with E-state index in [4.69, 9.17) is 11.6 Å². The summed E-state index contributed by atoms with van der Waals surface area (Å²) in [7, 11) is 0. The summed E-state index contributed by atoms with van der Waals surface area (Å²) in [6, 6.07) is 0. The summed E-state index contributed by atoms with van der Waals surface area (Å²) in [5, 5.41) is 9.19. The number of hydrogen-bond acceptors (Lipinski definition) is 4. The highest BCUT2D eigenvalue weighted by atomic mass is 35.5. The van der Waals surface area contributed by atoms with Gasteiger partial charge in [0.1, 0.15) is 12.7 Å². The molecular weight excluding hydrogens is 210 g/mol. The number of carbonyl (C=O) groups excluding carboxylic acids is 2. The third-order valence-electron chi connectivity index (χ3n) is 1.24. The molecule has 7 nitrogen and oxygen atoms in total. The van der Waals surface area contributed by atoms with Crippen molar-refractivity contribution < 1.29 is 9.59 Å². The Morgan fingerprint density at radius 3 is 2.50 bits per heavy atom. The lowest BCUT2D eigenvalue weighted by Crippen LogP contribution is -2.39. The minimum absolute atomic E-state index is 0.246. The Hall–Kier alpha value is -1.63. The topological polar surface area (TPSA) is 88.9 Å². The molecule has 1 rings (SSSR count). The van der Waals surface area contributed by atoms with Gasteiger partial charge in [0.25, 0.3) is 0 Å². The molecule has 0 aliphatic carbocycles. The minimum Gasteiger partial charge on any atom is -0.347 e. The van der Waals surface area contributed by atoms with E-state index in [2.05, 4.69) is 20.9 Å². The van der Waals surface area contributed by atoms with Crippen molar-refractivity contribution in [3.05, 3.63) is 12.7 Å². The van der Waals surface area contributed by atoms with Crippen molar-refractivity contribution in [2.45, 2.75) is 0 Å². The van der Waals surface area contributed by atoms with Gasteiger partial charge in [0, 0.05) is 12.4 Å². The van der Waals surface area contributed by atoms with Crippen LogP contribution in [0.15, 0.2) is 12.7 Å². The predicted molar refractivity (Wildman–Crippen MR) is 48.1 cm³/mol. The van der Waals surface area contributed by atoms with E-state index in [1.165, 1.54) is 17.3 Å². The highest BCUT2D eigenvalue weighted by Crippen LogP contribution is 1.78. The maximum absolute atomic E-state index is 11.1. The molecule has 2 amide bonds. The van der Waals surface area contributed by atoms with Gasteiger partial charge in [-0.1, -0.05) is 0 Å². The fourth-order valence-corrected chi connectivity index (χ4v) is 0.762. The molecule has 14 heavy (non-hydrogen) atoms. The second-order valence-electron chi connectivity index (χ2n) is 2.25. The first-order valence-corrected chi connectivity index (χ1v) is 4.27. The summed E-state index contributed by atoms with van der Waals surface area (Å²) in [4.78, 5) is 22.1. The quantitative estimate of drug-likeness (QED) is 0.487. The molecule has 1 aromatic rings. The summed E-state index contributed by atoms with van der Waals surface area (Å²) in [6.45, 7) is 0.246. The van der Waals surface area contributed by atoms with Crippen LogP contribution >= 0.6 is 11.6 Å². The van der Waals surface area contributed by atoms with E-state index in [0.717, 1.165) is 0 Å². The molecule has 0 spiro atoms. The molecule has 0 aromatic carbocycles. The Morgan fingerprint density at radius 2 is 1.93 bits per heavy atom. The zero-order valence-corrected chi connectivity index (χ0v) is 7.86. The average Bonchev–Trinajstić information content (AvgIpc) is 2.66. The van der Waals surface area contributed by atoms with Gasteiger partial charge in [-0.25, -0.2) is 4.68 Å².